The first kappa shape index (κ1) is 21.5. The van der Waals surface area contributed by atoms with Crippen molar-refractivity contribution in [3.8, 4) is 5.75 Å². The van der Waals surface area contributed by atoms with Crippen LogP contribution in [0.1, 0.15) is 28.4 Å². The third kappa shape index (κ3) is 4.93. The van der Waals surface area contributed by atoms with Gasteiger partial charge in [0.1, 0.15) is 17.6 Å². The number of benzene rings is 3. The Balaban J connectivity index is 1.44. The molecule has 1 fully saturated rings. The van der Waals surface area contributed by atoms with Gasteiger partial charge < -0.3 is 15.4 Å². The van der Waals surface area contributed by atoms with Crippen molar-refractivity contribution in [1.29, 1.82) is 0 Å². The Kier molecular flexibility index (Phi) is 6.44. The van der Waals surface area contributed by atoms with Crippen LogP contribution >= 0.6 is 0 Å². The van der Waals surface area contributed by atoms with Crippen molar-refractivity contribution in [2.24, 2.45) is 0 Å². The summed E-state index contributed by atoms with van der Waals surface area (Å²) in [5, 5.41) is 5.57. The molecule has 0 radical (unpaired) electrons. The molecule has 1 aliphatic rings. The van der Waals surface area contributed by atoms with Gasteiger partial charge in [-0.25, -0.2) is 15.2 Å². The molecule has 0 bridgehead atoms. The molecule has 2 atom stereocenters. The normalized spacial score (nSPS) is 17.6. The fourth-order valence-electron chi connectivity index (χ4n) is 3.57. The largest absolute Gasteiger partial charge is 0.495 e. The molecule has 0 spiro atoms. The van der Waals surface area contributed by atoms with Crippen molar-refractivity contribution in [3.63, 3.8) is 0 Å². The lowest BCUT2D eigenvalue weighted by atomic mass is 10.0. The second-order valence-corrected chi connectivity index (χ2v) is 7.41. The van der Waals surface area contributed by atoms with Crippen LogP contribution in [-0.2, 0) is 4.79 Å². The predicted molar refractivity (Wildman–Crippen MR) is 120 cm³/mol. The molecular formula is C24H23FN4O3. The summed E-state index contributed by atoms with van der Waals surface area (Å²) in [6.07, 6.45) is 0.592. The van der Waals surface area contributed by atoms with E-state index in [0.717, 1.165) is 11.6 Å². The average Bonchev–Trinajstić information content (AvgIpc) is 3.30. The molecule has 7 nitrogen and oxygen atoms in total. The number of ether oxygens (including phenoxy) is 1. The van der Waals surface area contributed by atoms with Crippen LogP contribution in [-0.4, -0.2) is 25.0 Å². The van der Waals surface area contributed by atoms with Crippen LogP contribution in [0.3, 0.4) is 0 Å². The molecule has 2 amide bonds. The number of hydrogen-bond donors (Lipinski definition) is 4. The minimum Gasteiger partial charge on any atom is -0.495 e. The summed E-state index contributed by atoms with van der Waals surface area (Å²) in [7, 11) is 1.48. The second-order valence-electron chi connectivity index (χ2n) is 7.41. The number of rotatable bonds is 6. The van der Waals surface area contributed by atoms with Crippen LogP contribution in [0.5, 0.6) is 5.75 Å². The maximum atomic E-state index is 13.4. The zero-order valence-electron chi connectivity index (χ0n) is 17.4. The van der Waals surface area contributed by atoms with Gasteiger partial charge in [0.15, 0.2) is 0 Å². The van der Waals surface area contributed by atoms with Crippen molar-refractivity contribution < 1.29 is 18.7 Å². The van der Waals surface area contributed by atoms with Gasteiger partial charge in [-0.15, -0.1) is 0 Å². The highest BCUT2D eigenvalue weighted by molar-refractivity contribution is 6.05. The fraction of sp³-hybridized carbons (Fsp3) is 0.167. The van der Waals surface area contributed by atoms with Crippen molar-refractivity contribution in [2.45, 2.75) is 18.5 Å². The molecule has 1 aliphatic heterocycles. The van der Waals surface area contributed by atoms with Gasteiger partial charge in [-0.2, -0.15) is 0 Å². The van der Waals surface area contributed by atoms with E-state index < -0.39 is 17.8 Å². The van der Waals surface area contributed by atoms with E-state index in [4.69, 9.17) is 4.74 Å². The van der Waals surface area contributed by atoms with E-state index >= 15 is 0 Å². The average molecular weight is 434 g/mol. The van der Waals surface area contributed by atoms with Crippen molar-refractivity contribution in [3.05, 3.63) is 89.7 Å². The summed E-state index contributed by atoms with van der Waals surface area (Å²) in [4.78, 5) is 25.3. The Hall–Kier alpha value is -3.75. The summed E-state index contributed by atoms with van der Waals surface area (Å²) >= 11 is 0. The number of anilines is 2. The van der Waals surface area contributed by atoms with Crippen molar-refractivity contribution in [1.82, 2.24) is 10.9 Å². The van der Waals surface area contributed by atoms with Crippen molar-refractivity contribution in [2.75, 3.05) is 17.7 Å². The smallest absolute Gasteiger partial charge is 0.255 e. The van der Waals surface area contributed by atoms with Gasteiger partial charge in [0.05, 0.1) is 12.8 Å². The minimum absolute atomic E-state index is 0.0314. The monoisotopic (exact) mass is 434 g/mol. The molecule has 0 aromatic heterocycles. The Morgan fingerprint density at radius 1 is 0.969 bits per heavy atom. The minimum atomic E-state index is -0.503. The molecule has 164 valence electrons. The number of methoxy groups -OCH3 is 1. The highest BCUT2D eigenvalue weighted by Gasteiger charge is 2.30. The number of carbonyl (C=O) groups excluding carboxylic acids is 2. The van der Waals surface area contributed by atoms with E-state index in [9.17, 15) is 14.0 Å². The first-order valence-corrected chi connectivity index (χ1v) is 10.2. The zero-order chi connectivity index (χ0) is 22.5. The molecule has 2 unspecified atom stereocenters. The fourth-order valence-corrected chi connectivity index (χ4v) is 3.57. The van der Waals surface area contributed by atoms with E-state index in [2.05, 4.69) is 21.5 Å². The van der Waals surface area contributed by atoms with E-state index in [1.165, 1.54) is 25.3 Å². The third-order valence-electron chi connectivity index (χ3n) is 5.22. The number of carbonyl (C=O) groups is 2. The highest BCUT2D eigenvalue weighted by atomic mass is 19.1. The molecule has 1 saturated heterocycles. The molecule has 3 aromatic carbocycles. The first-order valence-electron chi connectivity index (χ1n) is 10.2. The molecule has 8 heteroatoms. The topological polar surface area (TPSA) is 91.5 Å². The Morgan fingerprint density at radius 2 is 1.78 bits per heavy atom. The molecule has 3 aromatic rings. The van der Waals surface area contributed by atoms with Crippen LogP contribution in [0.4, 0.5) is 15.8 Å². The lowest BCUT2D eigenvalue weighted by molar-refractivity contribution is -0.117. The van der Waals surface area contributed by atoms with Gasteiger partial charge in [-0.1, -0.05) is 36.4 Å². The molecule has 32 heavy (non-hydrogen) atoms. The number of amides is 2. The maximum Gasteiger partial charge on any atom is 0.255 e. The van der Waals surface area contributed by atoms with Crippen LogP contribution in [0.15, 0.2) is 72.8 Å². The Bertz CT molecular complexity index is 1120. The molecule has 0 saturated carbocycles. The summed E-state index contributed by atoms with van der Waals surface area (Å²) in [6.45, 7) is 0. The van der Waals surface area contributed by atoms with Gasteiger partial charge in [-0.05, 0) is 48.4 Å². The van der Waals surface area contributed by atoms with Crippen LogP contribution in [0, 0.1) is 5.82 Å². The number of hydrazine groups is 1. The van der Waals surface area contributed by atoms with Gasteiger partial charge in [0.25, 0.3) is 5.91 Å². The summed E-state index contributed by atoms with van der Waals surface area (Å²) in [5.74, 6) is -0.781. The van der Waals surface area contributed by atoms with Crippen LogP contribution in [0.2, 0.25) is 0 Å². The highest BCUT2D eigenvalue weighted by Crippen LogP contribution is 2.29. The van der Waals surface area contributed by atoms with Crippen molar-refractivity contribution >= 4 is 23.2 Å². The van der Waals surface area contributed by atoms with E-state index in [1.54, 1.807) is 18.2 Å². The molecular weight excluding hydrogens is 411 g/mol. The summed E-state index contributed by atoms with van der Waals surface area (Å²) < 4.78 is 18.7. The van der Waals surface area contributed by atoms with Gasteiger partial charge in [0, 0.05) is 17.3 Å². The number of halogens is 1. The van der Waals surface area contributed by atoms with E-state index in [1.807, 2.05) is 30.3 Å². The van der Waals surface area contributed by atoms with E-state index in [0.29, 0.717) is 23.5 Å². The number of nitrogens with one attached hydrogen (secondary N) is 4. The second kappa shape index (κ2) is 9.59. The lowest BCUT2D eigenvalue weighted by Crippen LogP contribution is -2.39. The van der Waals surface area contributed by atoms with E-state index in [-0.39, 0.29) is 17.5 Å². The maximum absolute atomic E-state index is 13.4. The first-order chi connectivity index (χ1) is 15.5. The molecule has 1 heterocycles. The van der Waals surface area contributed by atoms with Gasteiger partial charge in [-0.3, -0.25) is 9.59 Å². The predicted octanol–water partition coefficient (Wildman–Crippen LogP) is 3.63. The SMILES string of the molecule is COc1ccc(NC(=O)C2CC(c3ccccc3)NN2)cc1NC(=O)c1cccc(F)c1. The standard InChI is InChI=1S/C24H23FN4O3/c1-32-22-11-10-18(13-20(22)27-23(30)16-8-5-9-17(25)12-16)26-24(31)21-14-19(28-29-21)15-6-3-2-4-7-15/h2-13,19,21,28-29H,14H2,1H3,(H,26,31)(H,27,30). The zero-order valence-corrected chi connectivity index (χ0v) is 17.4. The molecule has 0 aliphatic carbocycles. The van der Waals surface area contributed by atoms with Gasteiger partial charge >= 0.3 is 0 Å². The molecule has 4 N–H and O–H groups in total. The summed E-state index contributed by atoms with van der Waals surface area (Å²) in [5.41, 5.74) is 8.31. The Labute approximate surface area is 185 Å². The third-order valence-corrected chi connectivity index (χ3v) is 5.22. The number of hydrogen-bond acceptors (Lipinski definition) is 5. The van der Waals surface area contributed by atoms with Crippen LogP contribution in [0.25, 0.3) is 0 Å². The summed E-state index contributed by atoms with van der Waals surface area (Å²) in [6, 6.07) is 19.8. The van der Waals surface area contributed by atoms with Gasteiger partial charge in [0.2, 0.25) is 5.91 Å². The van der Waals surface area contributed by atoms with Crippen LogP contribution < -0.4 is 26.2 Å². The molecule has 4 rings (SSSR count). The quantitative estimate of drug-likeness (QED) is 0.476. The Morgan fingerprint density at radius 3 is 2.53 bits per heavy atom. The lowest BCUT2D eigenvalue weighted by Gasteiger charge is -2.14.